The maximum Gasteiger partial charge on any atom is 0.197 e. The van der Waals surface area contributed by atoms with Gasteiger partial charge in [-0.2, -0.15) is 0 Å². The zero-order valence-electron chi connectivity index (χ0n) is 26.1. The second kappa shape index (κ2) is 9.00. The van der Waals surface area contributed by atoms with Crippen LogP contribution in [0.3, 0.4) is 0 Å². The molecule has 0 aliphatic rings. The van der Waals surface area contributed by atoms with Crippen LogP contribution < -0.4 is 0 Å². The fourth-order valence-electron chi connectivity index (χ4n) is 8.42. The molecule has 0 fully saturated rings. The molecule has 0 atom stereocenters. The summed E-state index contributed by atoms with van der Waals surface area (Å²) in [4.78, 5) is 10.5. The van der Waals surface area contributed by atoms with E-state index in [9.17, 15) is 0 Å². The van der Waals surface area contributed by atoms with Gasteiger partial charge in [0.05, 0.1) is 27.6 Å². The van der Waals surface area contributed by atoms with Gasteiger partial charge in [0.1, 0.15) is 11.1 Å². The van der Waals surface area contributed by atoms with E-state index in [4.69, 9.17) is 14.4 Å². The Morgan fingerprint density at radius 1 is 0.469 bits per heavy atom. The molecule has 0 spiro atoms. The van der Waals surface area contributed by atoms with E-state index >= 15 is 0 Å². The van der Waals surface area contributed by atoms with E-state index in [0.717, 1.165) is 38.9 Å². The zero-order chi connectivity index (χ0) is 31.8. The van der Waals surface area contributed by atoms with Crippen LogP contribution in [0.2, 0.25) is 0 Å². The summed E-state index contributed by atoms with van der Waals surface area (Å²) in [6.07, 6.45) is 0. The summed E-state index contributed by atoms with van der Waals surface area (Å²) in [5.41, 5.74) is 9.09. The summed E-state index contributed by atoms with van der Waals surface area (Å²) in [6, 6.07) is 51.6. The first-order valence-corrected chi connectivity index (χ1v) is 16.6. The average molecular weight is 625 g/mol. The lowest BCUT2D eigenvalue weighted by atomic mass is 10.0. The van der Waals surface area contributed by atoms with Crippen LogP contribution in [0.15, 0.2) is 150 Å². The van der Waals surface area contributed by atoms with E-state index in [-0.39, 0.29) is 0 Å². The highest BCUT2D eigenvalue weighted by Crippen LogP contribution is 2.48. The predicted molar refractivity (Wildman–Crippen MR) is 201 cm³/mol. The molecule has 0 saturated carbocycles. The molecule has 0 unspecified atom stereocenters. The van der Waals surface area contributed by atoms with Crippen LogP contribution in [0.4, 0.5) is 0 Å². The van der Waals surface area contributed by atoms with Crippen LogP contribution in [0, 0.1) is 0 Å². The van der Waals surface area contributed by atoms with Crippen molar-refractivity contribution in [3.63, 3.8) is 0 Å². The van der Waals surface area contributed by atoms with E-state index < -0.39 is 0 Å². The van der Waals surface area contributed by atoms with Crippen LogP contribution in [0.25, 0.3) is 110 Å². The van der Waals surface area contributed by atoms with Crippen molar-refractivity contribution in [2.24, 2.45) is 0 Å². The van der Waals surface area contributed by atoms with Crippen LogP contribution in [0.1, 0.15) is 0 Å². The predicted octanol–water partition coefficient (Wildman–Crippen LogP) is 11.4. The van der Waals surface area contributed by atoms with Gasteiger partial charge in [-0.15, -0.1) is 0 Å². The SMILES string of the molecule is c1ccc(-c2nc(-n3c4ccccc4c4cc5c6ccccc6n6c7c8ccccc8ccc7c(c43)c56)c3oc4ccccc4c3n2)cc1. The molecule has 0 aliphatic carbocycles. The third-order valence-electron chi connectivity index (χ3n) is 10.4. The Labute approximate surface area is 278 Å². The fraction of sp³-hybridized carbons (Fsp3) is 0. The summed E-state index contributed by atoms with van der Waals surface area (Å²) in [5, 5.41) is 10.7. The topological polar surface area (TPSA) is 48.3 Å². The minimum Gasteiger partial charge on any atom is -0.450 e. The summed E-state index contributed by atoms with van der Waals surface area (Å²) in [6.45, 7) is 0. The molecular formula is C44H24N4O. The Kier molecular flexibility index (Phi) is 4.66. The van der Waals surface area contributed by atoms with Crippen molar-refractivity contribution < 1.29 is 4.42 Å². The summed E-state index contributed by atoms with van der Waals surface area (Å²) >= 11 is 0. The van der Waals surface area contributed by atoms with Gasteiger partial charge in [0.15, 0.2) is 17.2 Å². The minimum absolute atomic E-state index is 0.665. The van der Waals surface area contributed by atoms with Gasteiger partial charge < -0.3 is 8.82 Å². The molecule has 0 radical (unpaired) electrons. The van der Waals surface area contributed by atoms with Gasteiger partial charge in [-0.1, -0.05) is 115 Å². The van der Waals surface area contributed by atoms with Gasteiger partial charge in [-0.25, -0.2) is 9.97 Å². The number of aromatic nitrogens is 4. The molecule has 0 amide bonds. The Morgan fingerprint density at radius 2 is 1.14 bits per heavy atom. The van der Waals surface area contributed by atoms with Gasteiger partial charge >= 0.3 is 0 Å². The molecule has 49 heavy (non-hydrogen) atoms. The molecule has 12 rings (SSSR count). The number of hydrogen-bond donors (Lipinski definition) is 0. The summed E-state index contributed by atoms with van der Waals surface area (Å²) in [5.74, 6) is 1.40. The highest BCUT2D eigenvalue weighted by Gasteiger charge is 2.27. The molecule has 5 aromatic heterocycles. The third-order valence-corrected chi connectivity index (χ3v) is 10.4. The van der Waals surface area contributed by atoms with E-state index in [1.165, 1.54) is 59.6 Å². The Bertz CT molecular complexity index is 3330. The summed E-state index contributed by atoms with van der Waals surface area (Å²) < 4.78 is 11.5. The van der Waals surface area contributed by atoms with Gasteiger partial charge in [0.2, 0.25) is 0 Å². The maximum atomic E-state index is 6.69. The summed E-state index contributed by atoms with van der Waals surface area (Å²) in [7, 11) is 0. The molecular weight excluding hydrogens is 601 g/mol. The first-order valence-electron chi connectivity index (χ1n) is 16.6. The van der Waals surface area contributed by atoms with Crippen molar-refractivity contribution in [1.82, 2.24) is 18.9 Å². The Morgan fingerprint density at radius 3 is 2.00 bits per heavy atom. The van der Waals surface area contributed by atoms with Crippen LogP contribution in [0.5, 0.6) is 0 Å². The number of para-hydroxylation sites is 3. The molecule has 226 valence electrons. The van der Waals surface area contributed by atoms with E-state index in [1.54, 1.807) is 0 Å². The van der Waals surface area contributed by atoms with Crippen molar-refractivity contribution in [3.8, 4) is 17.2 Å². The molecule has 0 bridgehead atoms. The molecule has 5 heterocycles. The lowest BCUT2D eigenvalue weighted by molar-refractivity contribution is 0.662. The average Bonchev–Trinajstić information content (AvgIpc) is 3.90. The van der Waals surface area contributed by atoms with E-state index in [2.05, 4.69) is 118 Å². The molecule has 0 saturated heterocycles. The molecule has 0 aliphatic heterocycles. The number of hydrogen-bond acceptors (Lipinski definition) is 3. The van der Waals surface area contributed by atoms with Crippen molar-refractivity contribution in [3.05, 3.63) is 146 Å². The highest BCUT2D eigenvalue weighted by molar-refractivity contribution is 6.36. The van der Waals surface area contributed by atoms with Crippen LogP contribution in [-0.4, -0.2) is 18.9 Å². The first-order chi connectivity index (χ1) is 24.3. The minimum atomic E-state index is 0.665. The number of fused-ring (bicyclic) bond motifs is 15. The lowest BCUT2D eigenvalue weighted by Gasteiger charge is -2.11. The van der Waals surface area contributed by atoms with Crippen LogP contribution in [-0.2, 0) is 0 Å². The first kappa shape index (κ1) is 25.4. The van der Waals surface area contributed by atoms with Gasteiger partial charge in [-0.05, 0) is 35.7 Å². The standard InChI is InChI=1S/C44H24N4O/c1-2-13-26(14-3-1)43-45-38-30-18-8-11-21-36(30)49-42(38)44(46-43)48-35-20-10-7-17-29(35)33-24-32-28-16-6-9-19-34(28)47-39-27-15-5-4-12-25(27)22-23-31(39)37(40(32)47)41(33)48/h1-24H. The van der Waals surface area contributed by atoms with Crippen molar-refractivity contribution in [2.75, 3.05) is 0 Å². The van der Waals surface area contributed by atoms with Crippen LogP contribution >= 0.6 is 0 Å². The van der Waals surface area contributed by atoms with Gasteiger partial charge in [0, 0.05) is 48.7 Å². The van der Waals surface area contributed by atoms with Crippen molar-refractivity contribution in [1.29, 1.82) is 0 Å². The molecule has 7 aromatic carbocycles. The normalized spacial score (nSPS) is 12.5. The number of rotatable bonds is 2. The smallest absolute Gasteiger partial charge is 0.197 e. The Hall–Kier alpha value is -6.72. The highest BCUT2D eigenvalue weighted by atomic mass is 16.3. The van der Waals surface area contributed by atoms with Crippen molar-refractivity contribution >= 4 is 92.7 Å². The zero-order valence-corrected chi connectivity index (χ0v) is 26.1. The third kappa shape index (κ3) is 3.15. The fourth-order valence-corrected chi connectivity index (χ4v) is 8.42. The Balaban J connectivity index is 1.37. The van der Waals surface area contributed by atoms with Gasteiger partial charge in [0.25, 0.3) is 0 Å². The number of furan rings is 1. The van der Waals surface area contributed by atoms with E-state index in [1.807, 2.05) is 36.4 Å². The number of nitrogens with zero attached hydrogens (tertiary/aromatic N) is 4. The monoisotopic (exact) mass is 624 g/mol. The second-order valence-electron chi connectivity index (χ2n) is 12.9. The maximum absolute atomic E-state index is 6.69. The second-order valence-corrected chi connectivity index (χ2v) is 12.9. The van der Waals surface area contributed by atoms with E-state index in [0.29, 0.717) is 11.4 Å². The molecule has 5 nitrogen and oxygen atoms in total. The molecule has 0 N–H and O–H groups in total. The largest absolute Gasteiger partial charge is 0.450 e. The number of benzene rings is 7. The molecule has 5 heteroatoms. The quantitative estimate of drug-likeness (QED) is 0.192. The lowest BCUT2D eigenvalue weighted by Crippen LogP contribution is -2.02. The van der Waals surface area contributed by atoms with Crippen molar-refractivity contribution in [2.45, 2.75) is 0 Å². The van der Waals surface area contributed by atoms with Gasteiger partial charge in [-0.3, -0.25) is 4.57 Å². The molecule has 12 aromatic rings.